The Labute approximate surface area is 202 Å². The summed E-state index contributed by atoms with van der Waals surface area (Å²) in [5, 5.41) is 3.02. The molecule has 0 radical (unpaired) electrons. The van der Waals surface area contributed by atoms with Gasteiger partial charge in [0.15, 0.2) is 0 Å². The van der Waals surface area contributed by atoms with Gasteiger partial charge in [-0.25, -0.2) is 0 Å². The Balaban J connectivity index is 1.34. The lowest BCUT2D eigenvalue weighted by molar-refractivity contribution is -0.124. The fourth-order valence-electron chi connectivity index (χ4n) is 5.85. The first-order valence-corrected chi connectivity index (χ1v) is 13.1. The molecule has 3 aliphatic heterocycles. The van der Waals surface area contributed by atoms with Crippen LogP contribution >= 0.6 is 0 Å². The van der Waals surface area contributed by atoms with Gasteiger partial charge in [0.2, 0.25) is 11.8 Å². The van der Waals surface area contributed by atoms with Gasteiger partial charge in [-0.2, -0.15) is 0 Å². The van der Waals surface area contributed by atoms with Gasteiger partial charge in [-0.05, 0) is 82.4 Å². The Morgan fingerprint density at radius 2 is 1.79 bits per heavy atom. The van der Waals surface area contributed by atoms with Crippen molar-refractivity contribution in [3.05, 3.63) is 35.4 Å². The van der Waals surface area contributed by atoms with Gasteiger partial charge in [0.25, 0.3) is 5.91 Å². The monoisotopic (exact) mass is 464 g/mol. The van der Waals surface area contributed by atoms with E-state index in [1.807, 2.05) is 23.1 Å². The molecule has 5 rings (SSSR count). The van der Waals surface area contributed by atoms with Crippen LogP contribution in [0.25, 0.3) is 0 Å². The first-order chi connectivity index (χ1) is 16.6. The SMILES string of the molecule is O=C(CN1C(=O)[C@@H]2CCCCN2c2ccc(C(=O)N3CCCC3)cc21)NCCC1=CCCCC1. The number of carbonyl (C=O) groups excluding carboxylic acids is 3. The van der Waals surface area contributed by atoms with Crippen LogP contribution in [0, 0.1) is 0 Å². The highest BCUT2D eigenvalue weighted by atomic mass is 16.2. The zero-order valence-electron chi connectivity index (χ0n) is 20.1. The lowest BCUT2D eigenvalue weighted by atomic mass is 9.95. The molecule has 0 saturated carbocycles. The molecular weight excluding hydrogens is 428 g/mol. The van der Waals surface area contributed by atoms with E-state index < -0.39 is 0 Å². The second-order valence-electron chi connectivity index (χ2n) is 10.0. The summed E-state index contributed by atoms with van der Waals surface area (Å²) in [4.78, 5) is 45.1. The number of nitrogens with zero attached hydrogens (tertiary/aromatic N) is 3. The minimum atomic E-state index is -0.221. The molecule has 2 fully saturated rings. The molecule has 0 bridgehead atoms. The van der Waals surface area contributed by atoms with Crippen LogP contribution in [-0.2, 0) is 9.59 Å². The number of rotatable bonds is 6. The largest absolute Gasteiger partial charge is 0.358 e. The summed E-state index contributed by atoms with van der Waals surface area (Å²) >= 11 is 0. The maximum Gasteiger partial charge on any atom is 0.253 e. The van der Waals surface area contributed by atoms with E-state index in [4.69, 9.17) is 0 Å². The Kier molecular flexibility index (Phi) is 6.88. The third kappa shape index (κ3) is 4.70. The van der Waals surface area contributed by atoms with Gasteiger partial charge in [-0.15, -0.1) is 0 Å². The summed E-state index contributed by atoms with van der Waals surface area (Å²) in [6, 6.07) is 5.47. The van der Waals surface area contributed by atoms with Crippen LogP contribution in [-0.4, -0.2) is 61.4 Å². The Bertz CT molecular complexity index is 982. The molecule has 1 atom stereocenters. The number of piperidine rings is 1. The summed E-state index contributed by atoms with van der Waals surface area (Å²) < 4.78 is 0. The summed E-state index contributed by atoms with van der Waals surface area (Å²) in [6.07, 6.45) is 12.9. The molecule has 3 heterocycles. The zero-order valence-corrected chi connectivity index (χ0v) is 20.1. The second-order valence-corrected chi connectivity index (χ2v) is 10.0. The summed E-state index contributed by atoms with van der Waals surface area (Å²) in [5.41, 5.74) is 3.67. The Morgan fingerprint density at radius 1 is 0.971 bits per heavy atom. The van der Waals surface area contributed by atoms with Crippen LogP contribution in [0.2, 0.25) is 0 Å². The molecule has 4 aliphatic rings. The van der Waals surface area contributed by atoms with Gasteiger partial charge in [-0.3, -0.25) is 19.3 Å². The van der Waals surface area contributed by atoms with Crippen LogP contribution in [0.3, 0.4) is 0 Å². The molecule has 7 nitrogen and oxygen atoms in total. The van der Waals surface area contributed by atoms with Crippen molar-refractivity contribution in [2.45, 2.75) is 70.3 Å². The second kappa shape index (κ2) is 10.2. The average molecular weight is 465 g/mol. The minimum Gasteiger partial charge on any atom is -0.358 e. The molecule has 34 heavy (non-hydrogen) atoms. The zero-order chi connectivity index (χ0) is 23.5. The number of carbonyl (C=O) groups is 3. The third-order valence-electron chi connectivity index (χ3n) is 7.72. The molecule has 0 unspecified atom stereocenters. The van der Waals surface area contributed by atoms with Gasteiger partial charge in [0.1, 0.15) is 12.6 Å². The van der Waals surface area contributed by atoms with Crippen molar-refractivity contribution in [2.75, 3.05) is 42.5 Å². The Hall–Kier alpha value is -2.83. The number of nitrogens with one attached hydrogen (secondary N) is 1. The highest BCUT2D eigenvalue weighted by Crippen LogP contribution is 2.40. The molecule has 1 aromatic rings. The maximum atomic E-state index is 13.5. The number of likely N-dealkylation sites (tertiary alicyclic amines) is 1. The highest BCUT2D eigenvalue weighted by Gasteiger charge is 2.40. The van der Waals surface area contributed by atoms with Crippen LogP contribution < -0.4 is 15.1 Å². The summed E-state index contributed by atoms with van der Waals surface area (Å²) in [6.45, 7) is 2.99. The van der Waals surface area contributed by atoms with E-state index in [-0.39, 0.29) is 30.3 Å². The van der Waals surface area contributed by atoms with Crippen LogP contribution in [0.1, 0.15) is 74.6 Å². The summed E-state index contributed by atoms with van der Waals surface area (Å²) in [5.74, 6) is -0.155. The van der Waals surface area contributed by atoms with Crippen molar-refractivity contribution in [2.24, 2.45) is 0 Å². The van der Waals surface area contributed by atoms with Crippen molar-refractivity contribution >= 4 is 29.1 Å². The molecule has 182 valence electrons. The predicted octanol–water partition coefficient (Wildman–Crippen LogP) is 3.63. The average Bonchev–Trinajstić information content (AvgIpc) is 3.41. The van der Waals surface area contributed by atoms with Crippen LogP contribution in [0.4, 0.5) is 11.4 Å². The number of fused-ring (bicyclic) bond motifs is 3. The van der Waals surface area contributed by atoms with E-state index >= 15 is 0 Å². The van der Waals surface area contributed by atoms with Crippen molar-refractivity contribution in [1.29, 1.82) is 0 Å². The van der Waals surface area contributed by atoms with Crippen molar-refractivity contribution in [3.8, 4) is 0 Å². The number of benzene rings is 1. The van der Waals surface area contributed by atoms with E-state index in [2.05, 4.69) is 16.3 Å². The molecule has 3 amide bonds. The van der Waals surface area contributed by atoms with E-state index in [0.29, 0.717) is 17.8 Å². The van der Waals surface area contributed by atoms with Crippen LogP contribution in [0.15, 0.2) is 29.8 Å². The van der Waals surface area contributed by atoms with Gasteiger partial charge < -0.3 is 15.1 Å². The number of amides is 3. The molecule has 1 aromatic carbocycles. The molecule has 0 aromatic heterocycles. The first-order valence-electron chi connectivity index (χ1n) is 13.1. The number of hydrogen-bond acceptors (Lipinski definition) is 4. The van der Waals surface area contributed by atoms with Gasteiger partial charge in [0, 0.05) is 31.7 Å². The van der Waals surface area contributed by atoms with Crippen molar-refractivity contribution in [3.63, 3.8) is 0 Å². The van der Waals surface area contributed by atoms with Gasteiger partial charge >= 0.3 is 0 Å². The summed E-state index contributed by atoms with van der Waals surface area (Å²) in [7, 11) is 0. The standard InChI is InChI=1S/C27H36N4O3/c32-25(28-14-13-20-8-2-1-3-9-20)19-31-24-18-21(26(33)29-15-6-7-16-29)11-12-22(24)30-17-5-4-10-23(30)27(31)34/h8,11-12,18,23H,1-7,9-10,13-17,19H2,(H,28,32)/t23-/m0/s1. The lowest BCUT2D eigenvalue weighted by Gasteiger charge is -2.45. The topological polar surface area (TPSA) is 73.0 Å². The normalized spacial score (nSPS) is 22.2. The highest BCUT2D eigenvalue weighted by molar-refractivity contribution is 6.09. The third-order valence-corrected chi connectivity index (χ3v) is 7.72. The minimum absolute atomic E-state index is 0.00339. The molecule has 1 N–H and O–H groups in total. The van der Waals surface area contributed by atoms with Crippen molar-refractivity contribution in [1.82, 2.24) is 10.2 Å². The van der Waals surface area contributed by atoms with Gasteiger partial charge in [-0.1, -0.05) is 11.6 Å². The van der Waals surface area contributed by atoms with Crippen LogP contribution in [0.5, 0.6) is 0 Å². The maximum absolute atomic E-state index is 13.5. The van der Waals surface area contributed by atoms with Crippen molar-refractivity contribution < 1.29 is 14.4 Å². The molecule has 0 spiro atoms. The smallest absolute Gasteiger partial charge is 0.253 e. The van der Waals surface area contributed by atoms with E-state index in [1.165, 1.54) is 18.4 Å². The van der Waals surface area contributed by atoms with E-state index in [0.717, 1.165) is 76.7 Å². The Morgan fingerprint density at radius 3 is 2.59 bits per heavy atom. The van der Waals surface area contributed by atoms with Gasteiger partial charge in [0.05, 0.1) is 11.4 Å². The first kappa shape index (κ1) is 22.9. The quantitative estimate of drug-likeness (QED) is 0.653. The fourth-order valence-corrected chi connectivity index (χ4v) is 5.85. The predicted molar refractivity (Wildman–Crippen MR) is 133 cm³/mol. The molecule has 2 saturated heterocycles. The molecule has 7 heteroatoms. The molecular formula is C27H36N4O3. The van der Waals surface area contributed by atoms with E-state index in [9.17, 15) is 14.4 Å². The number of hydrogen-bond donors (Lipinski definition) is 1. The molecule has 1 aliphatic carbocycles. The van der Waals surface area contributed by atoms with E-state index in [1.54, 1.807) is 4.90 Å². The lowest BCUT2D eigenvalue weighted by Crippen LogP contribution is -2.57. The number of allylic oxidation sites excluding steroid dienone is 1. The number of anilines is 2. The fraction of sp³-hybridized carbons (Fsp3) is 0.593.